The van der Waals surface area contributed by atoms with Crippen LogP contribution >= 0.6 is 11.3 Å². The summed E-state index contributed by atoms with van der Waals surface area (Å²) in [5.41, 5.74) is 0.737. The number of thiazole rings is 1. The molecular weight excluding hydrogens is 228 g/mol. The molecule has 0 fully saturated rings. The summed E-state index contributed by atoms with van der Waals surface area (Å²) in [4.78, 5) is 17.7. The first-order valence-corrected chi connectivity index (χ1v) is 5.36. The summed E-state index contributed by atoms with van der Waals surface area (Å²) in [6.45, 7) is 0.594. The fraction of sp³-hybridized carbons (Fsp3) is 0.111. The van der Waals surface area contributed by atoms with Crippen LogP contribution in [0, 0.1) is 10.1 Å². The van der Waals surface area contributed by atoms with Gasteiger partial charge in [-0.15, -0.1) is 11.3 Å². The number of nitrogens with zero attached hydrogens (tertiary/aromatic N) is 3. The normalized spacial score (nSPS) is 10.0. The van der Waals surface area contributed by atoms with E-state index in [1.807, 2.05) is 5.38 Å². The summed E-state index contributed by atoms with van der Waals surface area (Å²) < 4.78 is 0. The molecule has 0 spiro atoms. The predicted molar refractivity (Wildman–Crippen MR) is 60.3 cm³/mol. The quantitative estimate of drug-likeness (QED) is 0.649. The van der Waals surface area contributed by atoms with Crippen molar-refractivity contribution < 1.29 is 4.92 Å². The summed E-state index contributed by atoms with van der Waals surface area (Å²) in [5, 5.41) is 16.3. The summed E-state index contributed by atoms with van der Waals surface area (Å²) in [6, 6.07) is 2.99. The number of rotatable bonds is 4. The van der Waals surface area contributed by atoms with Crippen molar-refractivity contribution in [1.82, 2.24) is 9.97 Å². The van der Waals surface area contributed by atoms with Gasteiger partial charge in [-0.2, -0.15) is 0 Å². The third kappa shape index (κ3) is 2.51. The molecule has 0 atom stereocenters. The molecule has 2 heterocycles. The SMILES string of the molecule is O=[N+]([O-])c1ccc(NCc2nccs2)cn1. The van der Waals surface area contributed by atoms with Crippen molar-refractivity contribution in [3.05, 3.63) is 45.0 Å². The topological polar surface area (TPSA) is 81.0 Å². The molecule has 6 nitrogen and oxygen atoms in total. The average Bonchev–Trinajstić information content (AvgIpc) is 2.80. The van der Waals surface area contributed by atoms with Gasteiger partial charge in [-0.25, -0.2) is 4.98 Å². The van der Waals surface area contributed by atoms with Gasteiger partial charge in [0.15, 0.2) is 6.20 Å². The van der Waals surface area contributed by atoms with E-state index in [2.05, 4.69) is 15.3 Å². The Morgan fingerprint density at radius 3 is 2.88 bits per heavy atom. The van der Waals surface area contributed by atoms with Crippen LogP contribution in [0.1, 0.15) is 5.01 Å². The highest BCUT2D eigenvalue weighted by Gasteiger charge is 2.05. The Balaban J connectivity index is 1.98. The van der Waals surface area contributed by atoms with Crippen LogP contribution in [0.4, 0.5) is 11.5 Å². The molecule has 0 unspecified atom stereocenters. The molecule has 2 aromatic rings. The molecule has 0 aliphatic rings. The number of hydrogen-bond acceptors (Lipinski definition) is 6. The Hall–Kier alpha value is -2.02. The molecule has 0 aliphatic heterocycles. The van der Waals surface area contributed by atoms with Crippen molar-refractivity contribution in [2.75, 3.05) is 5.32 Å². The van der Waals surface area contributed by atoms with Crippen LogP contribution in [0.15, 0.2) is 29.9 Å². The number of nitro groups is 1. The van der Waals surface area contributed by atoms with E-state index in [0.29, 0.717) is 6.54 Å². The van der Waals surface area contributed by atoms with Crippen LogP contribution in [0.2, 0.25) is 0 Å². The molecule has 2 aromatic heterocycles. The van der Waals surface area contributed by atoms with Gasteiger partial charge in [0.25, 0.3) is 0 Å². The predicted octanol–water partition coefficient (Wildman–Crippen LogP) is 2.06. The van der Waals surface area contributed by atoms with Crippen molar-refractivity contribution >= 4 is 22.8 Å². The first-order chi connectivity index (χ1) is 7.75. The molecule has 7 heteroatoms. The van der Waals surface area contributed by atoms with Crippen LogP contribution < -0.4 is 5.32 Å². The molecule has 0 aromatic carbocycles. The molecule has 16 heavy (non-hydrogen) atoms. The lowest BCUT2D eigenvalue weighted by atomic mass is 10.4. The first-order valence-electron chi connectivity index (χ1n) is 4.48. The van der Waals surface area contributed by atoms with Gasteiger partial charge >= 0.3 is 5.82 Å². The van der Waals surface area contributed by atoms with Gasteiger partial charge in [0.05, 0.1) is 12.2 Å². The summed E-state index contributed by atoms with van der Waals surface area (Å²) in [6.07, 6.45) is 3.17. The maximum absolute atomic E-state index is 10.4. The van der Waals surface area contributed by atoms with Crippen LogP contribution in [0.5, 0.6) is 0 Å². The van der Waals surface area contributed by atoms with Gasteiger partial charge in [0, 0.05) is 17.6 Å². The van der Waals surface area contributed by atoms with E-state index in [0.717, 1.165) is 10.7 Å². The lowest BCUT2D eigenvalue weighted by Crippen LogP contribution is -2.00. The Morgan fingerprint density at radius 2 is 2.31 bits per heavy atom. The van der Waals surface area contributed by atoms with Crippen molar-refractivity contribution in [3.8, 4) is 0 Å². The number of pyridine rings is 1. The lowest BCUT2D eigenvalue weighted by molar-refractivity contribution is -0.389. The zero-order valence-corrected chi connectivity index (χ0v) is 8.98. The average molecular weight is 236 g/mol. The van der Waals surface area contributed by atoms with Crippen LogP contribution in [0.3, 0.4) is 0 Å². The number of nitrogens with one attached hydrogen (secondary N) is 1. The summed E-state index contributed by atoms with van der Waals surface area (Å²) >= 11 is 1.55. The summed E-state index contributed by atoms with van der Waals surface area (Å²) in [5.74, 6) is -0.153. The van der Waals surface area contributed by atoms with Crippen molar-refractivity contribution in [2.45, 2.75) is 6.54 Å². The van der Waals surface area contributed by atoms with Crippen LogP contribution in [-0.2, 0) is 6.54 Å². The molecule has 2 rings (SSSR count). The third-order valence-corrected chi connectivity index (χ3v) is 2.64. The van der Waals surface area contributed by atoms with Gasteiger partial charge in [-0.1, -0.05) is 0 Å². The van der Waals surface area contributed by atoms with Crippen molar-refractivity contribution in [1.29, 1.82) is 0 Å². The Bertz CT molecular complexity index is 469. The molecule has 0 saturated heterocycles. The summed E-state index contributed by atoms with van der Waals surface area (Å²) in [7, 11) is 0. The Morgan fingerprint density at radius 1 is 1.44 bits per heavy atom. The number of aromatic nitrogens is 2. The highest BCUT2D eigenvalue weighted by Crippen LogP contribution is 2.13. The smallest absolute Gasteiger partial charge is 0.363 e. The zero-order valence-electron chi connectivity index (χ0n) is 8.16. The van der Waals surface area contributed by atoms with Crippen LogP contribution in [-0.4, -0.2) is 14.9 Å². The van der Waals surface area contributed by atoms with Gasteiger partial charge < -0.3 is 15.4 Å². The van der Waals surface area contributed by atoms with Gasteiger partial charge in [0.1, 0.15) is 5.01 Å². The zero-order chi connectivity index (χ0) is 11.4. The first kappa shape index (κ1) is 10.5. The van der Waals surface area contributed by atoms with Gasteiger partial charge in [-0.05, 0) is 16.0 Å². The molecule has 0 amide bonds. The maximum Gasteiger partial charge on any atom is 0.363 e. The molecule has 0 saturated carbocycles. The minimum absolute atomic E-state index is 0.153. The van der Waals surface area contributed by atoms with E-state index >= 15 is 0 Å². The monoisotopic (exact) mass is 236 g/mol. The van der Waals surface area contributed by atoms with E-state index < -0.39 is 4.92 Å². The molecule has 0 bridgehead atoms. The molecule has 1 N–H and O–H groups in total. The van der Waals surface area contributed by atoms with Gasteiger partial charge in [-0.3, -0.25) is 0 Å². The van der Waals surface area contributed by atoms with E-state index in [-0.39, 0.29) is 5.82 Å². The molecule has 0 aliphatic carbocycles. The van der Waals surface area contributed by atoms with Gasteiger partial charge in [0.2, 0.25) is 0 Å². The minimum Gasteiger partial charge on any atom is -0.375 e. The molecular formula is C9H8N4O2S. The van der Waals surface area contributed by atoms with E-state index in [1.54, 1.807) is 23.6 Å². The van der Waals surface area contributed by atoms with Crippen molar-refractivity contribution in [2.24, 2.45) is 0 Å². The molecule has 0 radical (unpaired) electrons. The number of hydrogen-bond donors (Lipinski definition) is 1. The highest BCUT2D eigenvalue weighted by atomic mass is 32.1. The van der Waals surface area contributed by atoms with E-state index in [9.17, 15) is 10.1 Å². The molecule has 82 valence electrons. The second-order valence-electron chi connectivity index (χ2n) is 2.94. The van der Waals surface area contributed by atoms with Crippen LogP contribution in [0.25, 0.3) is 0 Å². The second kappa shape index (κ2) is 4.67. The fourth-order valence-corrected chi connectivity index (χ4v) is 1.67. The second-order valence-corrected chi connectivity index (χ2v) is 3.92. The lowest BCUT2D eigenvalue weighted by Gasteiger charge is -2.01. The Labute approximate surface area is 95.1 Å². The standard InChI is InChI=1S/C9H8N4O2S/c14-13(15)8-2-1-7(5-12-8)11-6-9-10-3-4-16-9/h1-5,11H,6H2. The number of anilines is 1. The third-order valence-electron chi connectivity index (χ3n) is 1.86. The van der Waals surface area contributed by atoms with Crippen molar-refractivity contribution in [3.63, 3.8) is 0 Å². The highest BCUT2D eigenvalue weighted by molar-refractivity contribution is 7.09. The van der Waals surface area contributed by atoms with E-state index in [4.69, 9.17) is 0 Å². The largest absolute Gasteiger partial charge is 0.375 e. The fourth-order valence-electron chi connectivity index (χ4n) is 1.12. The Kier molecular flexibility index (Phi) is 3.06. The minimum atomic E-state index is -0.523. The maximum atomic E-state index is 10.4. The van der Waals surface area contributed by atoms with E-state index in [1.165, 1.54) is 12.3 Å².